The van der Waals surface area contributed by atoms with Crippen molar-refractivity contribution >= 4 is 37.1 Å². The number of nitrogens with one attached hydrogen (secondary N) is 1. The lowest BCUT2D eigenvalue weighted by atomic mass is 9.85. The number of primary amides is 1. The molecule has 1 aliphatic heterocycles. The molecular weight excluding hydrogens is 732 g/mol. The van der Waals surface area contributed by atoms with Crippen LogP contribution in [0, 0.1) is 17.8 Å². The molecule has 15 heteroatoms. The smallest absolute Gasteiger partial charge is 0.236 e. The summed E-state index contributed by atoms with van der Waals surface area (Å²) in [5, 5.41) is 4.57. The van der Waals surface area contributed by atoms with Gasteiger partial charge in [0.15, 0.2) is 0 Å². The van der Waals surface area contributed by atoms with Crippen LogP contribution in [0.1, 0.15) is 101 Å². The number of nitrogens with zero attached hydrogens (tertiary/aromatic N) is 3. The van der Waals surface area contributed by atoms with E-state index in [2.05, 4.69) is 50.3 Å². The Morgan fingerprint density at radius 1 is 0.982 bits per heavy atom. The Morgan fingerprint density at radius 3 is 1.84 bits per heavy atom. The van der Waals surface area contributed by atoms with Gasteiger partial charge in [0, 0.05) is 71.4 Å². The number of carbonyl (C=O) groups is 6. The van der Waals surface area contributed by atoms with Crippen LogP contribution in [-0.2, 0) is 43.1 Å². The van der Waals surface area contributed by atoms with Gasteiger partial charge in [0.2, 0.25) is 18.2 Å². The van der Waals surface area contributed by atoms with Gasteiger partial charge in [-0.05, 0) is 44.7 Å². The average Bonchev–Trinajstić information content (AvgIpc) is 3.64. The molecule has 1 heterocycles. The standard InChI is InChI=1S/C16H33N3O3.C12H24N2O3.C8H10O2.C3H8.C2H6.CH3NO/c1-12(15(21-6)14-8-7-10-19(14)5)13(2)16(20)17-9-11-22-18(3)4;1-5-9(2)12(10(17-4)6-7-15)14(3)11(16)8-13;1-3-7(5-9)8(4-2)6-10;1-3-2;1-2;2-1-3/h12-15H,7-11H2,1-6H3,(H,17,20);7,9-10,12H,5-6,8,13H2,1-4H3;3,5-6H,1,4H2,2H3;3H2,1-2H3;1-2H3;1H,(H2,2,3)/b;;8-7-;;;/t12?,13-,14?,15?;;;;;/m1...../s1. The average molecular weight is 817 g/mol. The van der Waals surface area contributed by atoms with Gasteiger partial charge in [-0.15, -0.1) is 0 Å². The van der Waals surface area contributed by atoms with Crippen LogP contribution in [0.2, 0.25) is 0 Å². The number of likely N-dealkylation sites (N-methyl/N-ethyl adjacent to an activating group) is 2. The molecule has 0 aromatic carbocycles. The highest BCUT2D eigenvalue weighted by Crippen LogP contribution is 2.28. The number of ether oxygens (including phenoxy) is 2. The Labute approximate surface area is 346 Å². The van der Waals surface area contributed by atoms with Gasteiger partial charge in [-0.3, -0.25) is 28.8 Å². The highest BCUT2D eigenvalue weighted by Gasteiger charge is 2.37. The third-order valence-corrected chi connectivity index (χ3v) is 9.19. The number of nitrogens with two attached hydrogens (primary N) is 2. The maximum Gasteiger partial charge on any atom is 0.236 e. The first-order chi connectivity index (χ1) is 27.0. The third kappa shape index (κ3) is 28.7. The van der Waals surface area contributed by atoms with Crippen LogP contribution in [0.25, 0.3) is 0 Å². The molecule has 1 fully saturated rings. The van der Waals surface area contributed by atoms with Crippen molar-refractivity contribution in [3.63, 3.8) is 0 Å². The number of likely N-dealkylation sites (tertiary alicyclic amines) is 1. The van der Waals surface area contributed by atoms with Crippen molar-refractivity contribution in [1.29, 1.82) is 0 Å². The maximum absolute atomic E-state index is 12.3. The topological polar surface area (TPSA) is 204 Å². The van der Waals surface area contributed by atoms with Gasteiger partial charge in [0.1, 0.15) is 18.9 Å². The monoisotopic (exact) mass is 817 g/mol. The number of aldehydes is 3. The molecule has 57 heavy (non-hydrogen) atoms. The first-order valence-electron chi connectivity index (χ1n) is 20.2. The van der Waals surface area contributed by atoms with E-state index in [0.717, 1.165) is 25.7 Å². The highest BCUT2D eigenvalue weighted by atomic mass is 16.7. The summed E-state index contributed by atoms with van der Waals surface area (Å²) in [6, 6.07) is 0.290. The molecule has 0 radical (unpaired) electrons. The summed E-state index contributed by atoms with van der Waals surface area (Å²) in [5.74, 6) is 0.268. The van der Waals surface area contributed by atoms with E-state index in [4.69, 9.17) is 24.8 Å². The second-order valence-electron chi connectivity index (χ2n) is 13.4. The fourth-order valence-corrected chi connectivity index (χ4v) is 5.79. The molecule has 0 aromatic rings. The molecule has 0 spiro atoms. The van der Waals surface area contributed by atoms with Crippen LogP contribution in [0.5, 0.6) is 0 Å². The van der Waals surface area contributed by atoms with Crippen LogP contribution in [-0.4, -0.2) is 145 Å². The van der Waals surface area contributed by atoms with Crippen LogP contribution in [0.15, 0.2) is 23.8 Å². The quantitative estimate of drug-likeness (QED) is 0.0490. The lowest BCUT2D eigenvalue weighted by Crippen LogP contribution is -2.50. The minimum atomic E-state index is -0.275. The zero-order valence-electron chi connectivity index (χ0n) is 38.4. The Bertz CT molecular complexity index is 1070. The molecular formula is C42H84N6O9. The minimum Gasteiger partial charge on any atom is -0.380 e. The van der Waals surface area contributed by atoms with Gasteiger partial charge in [-0.2, -0.15) is 5.06 Å². The van der Waals surface area contributed by atoms with Gasteiger partial charge in [0.05, 0.1) is 31.4 Å². The first-order valence-corrected chi connectivity index (χ1v) is 20.2. The molecule has 1 rings (SSSR count). The lowest BCUT2D eigenvalue weighted by molar-refractivity contribution is -0.136. The summed E-state index contributed by atoms with van der Waals surface area (Å²) in [4.78, 5) is 72.9. The number of hydrogen-bond acceptors (Lipinski definition) is 12. The van der Waals surface area contributed by atoms with Crippen molar-refractivity contribution in [2.45, 2.75) is 125 Å². The van der Waals surface area contributed by atoms with E-state index in [9.17, 15) is 24.0 Å². The van der Waals surface area contributed by atoms with E-state index in [-0.39, 0.29) is 67.2 Å². The summed E-state index contributed by atoms with van der Waals surface area (Å²) in [6.45, 7) is 23.7. The summed E-state index contributed by atoms with van der Waals surface area (Å²) in [7, 11) is 10.8. The van der Waals surface area contributed by atoms with E-state index < -0.39 is 0 Å². The highest BCUT2D eigenvalue weighted by molar-refractivity contribution is 5.89. The Balaban J connectivity index is -0.000000227. The number of hydrogen-bond donors (Lipinski definition) is 3. The zero-order chi connectivity index (χ0) is 45.5. The molecule has 3 amide bonds. The fourth-order valence-electron chi connectivity index (χ4n) is 5.79. The van der Waals surface area contributed by atoms with E-state index in [1.54, 1.807) is 31.2 Å². The number of methoxy groups -OCH3 is 2. The van der Waals surface area contributed by atoms with E-state index in [0.29, 0.717) is 49.3 Å². The van der Waals surface area contributed by atoms with E-state index in [1.807, 2.05) is 55.6 Å². The Kier molecular flexibility index (Phi) is 46.6. The van der Waals surface area contributed by atoms with Crippen molar-refractivity contribution < 1.29 is 43.1 Å². The number of carbonyl (C=O) groups excluding carboxylic acids is 6. The van der Waals surface area contributed by atoms with E-state index >= 15 is 0 Å². The van der Waals surface area contributed by atoms with Crippen LogP contribution >= 0.6 is 0 Å². The molecule has 1 saturated heterocycles. The largest absolute Gasteiger partial charge is 0.380 e. The Hall–Kier alpha value is -3.34. The van der Waals surface area contributed by atoms with Gasteiger partial charge < -0.3 is 40.9 Å². The van der Waals surface area contributed by atoms with Crippen molar-refractivity contribution in [3.05, 3.63) is 23.8 Å². The molecule has 336 valence electrons. The molecule has 1 aliphatic rings. The molecule has 0 aliphatic carbocycles. The maximum atomic E-state index is 12.3. The SMILES string of the molecule is C=C/C(C=O)=C(/C=O)CC.CC.CCC.CCC(C)C(C(CC=O)OC)N(C)C(=O)CN.COC(C(C)[C@@H](C)C(=O)NCCON(C)C)C1CCCN1C.NC=O. The molecule has 6 unspecified atom stereocenters. The molecule has 0 aromatic heterocycles. The second kappa shape index (κ2) is 42.3. The van der Waals surface area contributed by atoms with Crippen LogP contribution < -0.4 is 16.8 Å². The normalized spacial score (nSPS) is 16.5. The van der Waals surface area contributed by atoms with Crippen LogP contribution in [0.4, 0.5) is 0 Å². The molecule has 0 bridgehead atoms. The first kappa shape index (κ1) is 62.8. The predicted molar refractivity (Wildman–Crippen MR) is 231 cm³/mol. The Morgan fingerprint density at radius 2 is 1.53 bits per heavy atom. The molecule has 15 nitrogen and oxygen atoms in total. The minimum absolute atomic E-state index is 0.0268. The molecule has 0 saturated carbocycles. The predicted octanol–water partition coefficient (Wildman–Crippen LogP) is 4.22. The van der Waals surface area contributed by atoms with Gasteiger partial charge in [0.25, 0.3) is 0 Å². The fraction of sp³-hybridized carbons (Fsp3) is 0.762. The van der Waals surface area contributed by atoms with Crippen LogP contribution in [0.3, 0.4) is 0 Å². The summed E-state index contributed by atoms with van der Waals surface area (Å²) in [6.07, 6.45) is 8.97. The summed E-state index contributed by atoms with van der Waals surface area (Å²) in [5.41, 5.74) is 10.4. The van der Waals surface area contributed by atoms with Crippen molar-refractivity contribution in [2.24, 2.45) is 29.2 Å². The lowest BCUT2D eigenvalue weighted by Gasteiger charge is -2.37. The van der Waals surface area contributed by atoms with Crippen molar-refractivity contribution in [1.82, 2.24) is 20.2 Å². The van der Waals surface area contributed by atoms with Gasteiger partial charge >= 0.3 is 0 Å². The van der Waals surface area contributed by atoms with E-state index in [1.165, 1.54) is 18.9 Å². The van der Waals surface area contributed by atoms with Gasteiger partial charge in [-0.1, -0.05) is 87.8 Å². The van der Waals surface area contributed by atoms with Crippen molar-refractivity contribution in [3.8, 4) is 0 Å². The van der Waals surface area contributed by atoms with Gasteiger partial charge in [-0.25, -0.2) is 0 Å². The number of allylic oxidation sites excluding steroid dienone is 3. The molecule has 5 N–H and O–H groups in total. The summed E-state index contributed by atoms with van der Waals surface area (Å²) < 4.78 is 11.1. The van der Waals surface area contributed by atoms with Crippen molar-refractivity contribution in [2.75, 3.05) is 68.7 Å². The number of hydroxylamine groups is 2. The zero-order valence-corrected chi connectivity index (χ0v) is 38.4. The number of rotatable bonds is 21. The number of amides is 3. The summed E-state index contributed by atoms with van der Waals surface area (Å²) >= 11 is 0. The molecule has 7 atom stereocenters. The second-order valence-corrected chi connectivity index (χ2v) is 13.4. The third-order valence-electron chi connectivity index (χ3n) is 9.19.